The van der Waals surface area contributed by atoms with Gasteiger partial charge in [-0.05, 0) is 45.2 Å². The zero-order chi connectivity index (χ0) is 20.1. The van der Waals surface area contributed by atoms with Crippen molar-refractivity contribution in [3.8, 4) is 11.6 Å². The Hall–Kier alpha value is -2.48. The fourth-order valence-corrected chi connectivity index (χ4v) is 4.34. The zero-order valence-electron chi connectivity index (χ0n) is 17.2. The summed E-state index contributed by atoms with van der Waals surface area (Å²) in [6.45, 7) is 6.37. The summed E-state index contributed by atoms with van der Waals surface area (Å²) in [5.74, 6) is 1.94. The van der Waals surface area contributed by atoms with E-state index in [-0.39, 0.29) is 0 Å². The maximum atomic E-state index is 5.95. The number of nitrogens with zero attached hydrogens (tertiary/aromatic N) is 4. The van der Waals surface area contributed by atoms with Gasteiger partial charge in [0.25, 0.3) is 5.89 Å². The summed E-state index contributed by atoms with van der Waals surface area (Å²) in [5.41, 5.74) is 0.988. The van der Waals surface area contributed by atoms with Gasteiger partial charge in [0.2, 0.25) is 0 Å². The third-order valence-corrected chi connectivity index (χ3v) is 6.05. The molecule has 0 radical (unpaired) electrons. The van der Waals surface area contributed by atoms with E-state index in [0.29, 0.717) is 47.9 Å². The van der Waals surface area contributed by atoms with Gasteiger partial charge < -0.3 is 19.9 Å². The SMILES string of the molecule is CCNC(=NCCc1noc(-c2ccccn2)n1)NC1CC(OCC)C12CCC2. The molecule has 8 heteroatoms. The number of nitrogens with one attached hydrogen (secondary N) is 2. The van der Waals surface area contributed by atoms with Gasteiger partial charge in [-0.1, -0.05) is 17.6 Å². The molecule has 156 valence electrons. The topological polar surface area (TPSA) is 97.5 Å². The van der Waals surface area contributed by atoms with Crippen LogP contribution in [0.15, 0.2) is 33.9 Å². The van der Waals surface area contributed by atoms with Crippen LogP contribution in [0.25, 0.3) is 11.6 Å². The van der Waals surface area contributed by atoms with Crippen molar-refractivity contribution in [1.82, 2.24) is 25.8 Å². The first kappa shape index (κ1) is 19.8. The lowest BCUT2D eigenvalue weighted by Crippen LogP contribution is -2.68. The highest BCUT2D eigenvalue weighted by molar-refractivity contribution is 5.80. The molecule has 0 aromatic carbocycles. The quantitative estimate of drug-likeness (QED) is 0.521. The average molecular weight is 399 g/mol. The van der Waals surface area contributed by atoms with Crippen LogP contribution in [0.3, 0.4) is 0 Å². The van der Waals surface area contributed by atoms with E-state index in [2.05, 4.69) is 39.6 Å². The molecule has 4 rings (SSSR count). The van der Waals surface area contributed by atoms with Crippen molar-refractivity contribution in [1.29, 1.82) is 0 Å². The maximum Gasteiger partial charge on any atom is 0.276 e. The summed E-state index contributed by atoms with van der Waals surface area (Å²) in [6.07, 6.45) is 7.56. The van der Waals surface area contributed by atoms with Crippen molar-refractivity contribution < 1.29 is 9.26 Å². The van der Waals surface area contributed by atoms with Crippen LogP contribution < -0.4 is 10.6 Å². The van der Waals surface area contributed by atoms with Gasteiger partial charge in [0.1, 0.15) is 5.69 Å². The van der Waals surface area contributed by atoms with Gasteiger partial charge in [-0.25, -0.2) is 0 Å². The molecular weight excluding hydrogens is 368 g/mol. The average Bonchev–Trinajstić information content (AvgIpc) is 3.15. The van der Waals surface area contributed by atoms with E-state index in [0.717, 1.165) is 25.5 Å². The third-order valence-electron chi connectivity index (χ3n) is 6.05. The Bertz CT molecular complexity index is 818. The van der Waals surface area contributed by atoms with E-state index >= 15 is 0 Å². The normalized spacial score (nSPS) is 22.8. The van der Waals surface area contributed by atoms with Crippen molar-refractivity contribution in [2.24, 2.45) is 10.4 Å². The number of hydrogen-bond donors (Lipinski definition) is 2. The van der Waals surface area contributed by atoms with Crippen molar-refractivity contribution in [2.45, 2.75) is 58.1 Å². The van der Waals surface area contributed by atoms with E-state index < -0.39 is 0 Å². The van der Waals surface area contributed by atoms with Crippen LogP contribution in [0.1, 0.15) is 45.4 Å². The first-order valence-corrected chi connectivity index (χ1v) is 10.7. The molecule has 2 aromatic heterocycles. The van der Waals surface area contributed by atoms with Crippen LogP contribution in [0.4, 0.5) is 0 Å². The Labute approximate surface area is 171 Å². The van der Waals surface area contributed by atoms with Gasteiger partial charge in [0.15, 0.2) is 11.8 Å². The molecule has 0 bridgehead atoms. The second kappa shape index (κ2) is 8.90. The maximum absolute atomic E-state index is 5.95. The third kappa shape index (κ3) is 4.12. The monoisotopic (exact) mass is 398 g/mol. The van der Waals surface area contributed by atoms with Crippen LogP contribution in [-0.4, -0.2) is 52.9 Å². The number of pyridine rings is 1. The standard InChI is InChI=1S/C21H30N6O2/c1-3-22-20(25-16-14-17(28-4-2)21(16)10-7-11-21)24-13-9-18-26-19(29-27-18)15-8-5-6-12-23-15/h5-6,8,12,16-17H,3-4,7,9-11,13-14H2,1-2H3,(H2,22,24,25). The molecular formula is C21H30N6O2. The fourth-order valence-electron chi connectivity index (χ4n) is 4.34. The number of guanidine groups is 1. The first-order chi connectivity index (χ1) is 14.2. The lowest BCUT2D eigenvalue weighted by molar-refractivity contribution is -0.168. The summed E-state index contributed by atoms with van der Waals surface area (Å²) in [7, 11) is 0. The van der Waals surface area contributed by atoms with E-state index in [9.17, 15) is 0 Å². The Morgan fingerprint density at radius 1 is 1.34 bits per heavy atom. The largest absolute Gasteiger partial charge is 0.378 e. The van der Waals surface area contributed by atoms with Crippen LogP contribution in [0, 0.1) is 5.41 Å². The lowest BCUT2D eigenvalue weighted by atomic mass is 9.51. The summed E-state index contributed by atoms with van der Waals surface area (Å²) >= 11 is 0. The second-order valence-electron chi connectivity index (χ2n) is 7.70. The van der Waals surface area contributed by atoms with Gasteiger partial charge >= 0.3 is 0 Å². The van der Waals surface area contributed by atoms with Crippen LogP contribution >= 0.6 is 0 Å². The Kier molecular flexibility index (Phi) is 6.08. The van der Waals surface area contributed by atoms with E-state index in [1.807, 2.05) is 18.2 Å². The smallest absolute Gasteiger partial charge is 0.276 e. The Balaban J connectivity index is 1.33. The summed E-state index contributed by atoms with van der Waals surface area (Å²) in [6, 6.07) is 6.05. The molecule has 2 fully saturated rings. The minimum absolute atomic E-state index is 0.303. The highest BCUT2D eigenvalue weighted by Gasteiger charge is 2.59. The first-order valence-electron chi connectivity index (χ1n) is 10.7. The van der Waals surface area contributed by atoms with Crippen LogP contribution in [0.5, 0.6) is 0 Å². The molecule has 0 saturated heterocycles. The molecule has 2 unspecified atom stereocenters. The van der Waals surface area contributed by atoms with Crippen molar-refractivity contribution in [3.05, 3.63) is 30.2 Å². The summed E-state index contributed by atoms with van der Waals surface area (Å²) in [4.78, 5) is 13.4. The second-order valence-corrected chi connectivity index (χ2v) is 7.70. The van der Waals surface area contributed by atoms with Crippen molar-refractivity contribution >= 4 is 5.96 Å². The van der Waals surface area contributed by atoms with Crippen molar-refractivity contribution in [3.63, 3.8) is 0 Å². The molecule has 2 aromatic rings. The highest BCUT2D eigenvalue weighted by atomic mass is 16.5. The molecule has 2 heterocycles. The Morgan fingerprint density at radius 3 is 2.93 bits per heavy atom. The van der Waals surface area contributed by atoms with E-state index in [1.54, 1.807) is 6.20 Å². The molecule has 0 amide bonds. The van der Waals surface area contributed by atoms with Gasteiger partial charge in [-0.15, -0.1) is 0 Å². The van der Waals surface area contributed by atoms with E-state index in [4.69, 9.17) is 14.3 Å². The highest BCUT2D eigenvalue weighted by Crippen LogP contribution is 2.57. The molecule has 2 N–H and O–H groups in total. The Morgan fingerprint density at radius 2 is 2.24 bits per heavy atom. The summed E-state index contributed by atoms with van der Waals surface area (Å²) in [5, 5.41) is 11.0. The number of ether oxygens (including phenoxy) is 1. The predicted octanol–water partition coefficient (Wildman–Crippen LogP) is 2.58. The molecule has 8 nitrogen and oxygen atoms in total. The van der Waals surface area contributed by atoms with Crippen molar-refractivity contribution in [2.75, 3.05) is 19.7 Å². The number of aliphatic imine (C=N–C) groups is 1. The molecule has 0 aliphatic heterocycles. The molecule has 2 saturated carbocycles. The molecule has 2 atom stereocenters. The van der Waals surface area contributed by atoms with Crippen LogP contribution in [0.2, 0.25) is 0 Å². The van der Waals surface area contributed by atoms with Crippen LogP contribution in [-0.2, 0) is 11.2 Å². The van der Waals surface area contributed by atoms with Gasteiger partial charge in [-0.3, -0.25) is 9.98 Å². The molecule has 2 aliphatic rings. The molecule has 1 spiro atoms. The van der Waals surface area contributed by atoms with Gasteiger partial charge in [0.05, 0.1) is 6.10 Å². The predicted molar refractivity (Wildman–Crippen MR) is 110 cm³/mol. The van der Waals surface area contributed by atoms with Gasteiger partial charge in [0, 0.05) is 43.8 Å². The number of hydrogen-bond acceptors (Lipinski definition) is 6. The number of rotatable bonds is 8. The minimum Gasteiger partial charge on any atom is -0.378 e. The fraction of sp³-hybridized carbons (Fsp3) is 0.619. The van der Waals surface area contributed by atoms with Gasteiger partial charge in [-0.2, -0.15) is 4.98 Å². The molecule has 29 heavy (non-hydrogen) atoms. The number of aromatic nitrogens is 3. The molecule has 2 aliphatic carbocycles. The van der Waals surface area contributed by atoms with E-state index in [1.165, 1.54) is 19.3 Å². The minimum atomic E-state index is 0.303. The lowest BCUT2D eigenvalue weighted by Gasteiger charge is -2.61. The zero-order valence-corrected chi connectivity index (χ0v) is 17.2. The summed E-state index contributed by atoms with van der Waals surface area (Å²) < 4.78 is 11.3.